The highest BCUT2D eigenvalue weighted by molar-refractivity contribution is 5.09. The minimum Gasteiger partial charge on any atom is -0.378 e. The van der Waals surface area contributed by atoms with E-state index in [9.17, 15) is 0 Å². The van der Waals surface area contributed by atoms with Gasteiger partial charge in [-0.2, -0.15) is 4.98 Å². The lowest BCUT2D eigenvalue weighted by molar-refractivity contribution is -0.0349. The molecule has 0 N–H and O–H groups in total. The molecule has 1 saturated heterocycles. The minimum atomic E-state index is 0.347. The lowest BCUT2D eigenvalue weighted by Gasteiger charge is -2.31. The summed E-state index contributed by atoms with van der Waals surface area (Å²) >= 11 is 0. The van der Waals surface area contributed by atoms with Crippen LogP contribution in [0.4, 0.5) is 0 Å². The van der Waals surface area contributed by atoms with Crippen LogP contribution < -0.4 is 0 Å². The van der Waals surface area contributed by atoms with Crippen LogP contribution in [-0.2, 0) is 17.6 Å². The van der Waals surface area contributed by atoms with Crippen LogP contribution in [0, 0.1) is 18.8 Å². The van der Waals surface area contributed by atoms with Crippen molar-refractivity contribution in [3.8, 4) is 0 Å². The molecule has 120 valence electrons. The average Bonchev–Trinajstić information content (AvgIpc) is 3.09. The molecule has 1 fully saturated rings. The van der Waals surface area contributed by atoms with Crippen LogP contribution in [0.15, 0.2) is 15.1 Å². The van der Waals surface area contributed by atoms with Crippen molar-refractivity contribution >= 4 is 0 Å². The van der Waals surface area contributed by atoms with Crippen molar-refractivity contribution in [2.45, 2.75) is 52.6 Å². The molecule has 1 aliphatic rings. The molecule has 0 bridgehead atoms. The van der Waals surface area contributed by atoms with Gasteiger partial charge in [0.25, 0.3) is 0 Å². The van der Waals surface area contributed by atoms with Crippen molar-refractivity contribution in [3.05, 3.63) is 29.2 Å². The van der Waals surface area contributed by atoms with E-state index in [2.05, 4.69) is 29.1 Å². The van der Waals surface area contributed by atoms with Gasteiger partial charge < -0.3 is 13.8 Å². The fourth-order valence-electron chi connectivity index (χ4n) is 2.91. The molecule has 0 aliphatic carbocycles. The van der Waals surface area contributed by atoms with Crippen molar-refractivity contribution in [2.75, 3.05) is 6.61 Å². The molecule has 0 spiro atoms. The Labute approximate surface area is 130 Å². The molecule has 0 radical (unpaired) electrons. The van der Waals surface area contributed by atoms with E-state index in [-0.39, 0.29) is 0 Å². The van der Waals surface area contributed by atoms with Gasteiger partial charge in [0.2, 0.25) is 5.89 Å². The molecule has 2 aromatic rings. The summed E-state index contributed by atoms with van der Waals surface area (Å²) in [7, 11) is 0. The van der Waals surface area contributed by atoms with Crippen molar-refractivity contribution < 1.29 is 13.8 Å². The third-order valence-electron chi connectivity index (χ3n) is 4.16. The normalized spacial score (nSPS) is 22.4. The maximum atomic E-state index is 5.81. The molecule has 2 aromatic heterocycles. The van der Waals surface area contributed by atoms with Crippen LogP contribution in [0.5, 0.6) is 0 Å². The summed E-state index contributed by atoms with van der Waals surface area (Å²) in [5.74, 6) is 3.28. The summed E-state index contributed by atoms with van der Waals surface area (Å²) in [6, 6.07) is 1.89. The Balaban J connectivity index is 1.57. The summed E-state index contributed by atoms with van der Waals surface area (Å²) < 4.78 is 16.2. The fraction of sp³-hybridized carbons (Fsp3) is 0.688. The Morgan fingerprint density at radius 3 is 2.86 bits per heavy atom. The van der Waals surface area contributed by atoms with E-state index in [1.807, 2.05) is 13.0 Å². The summed E-state index contributed by atoms with van der Waals surface area (Å²) in [5, 5.41) is 7.99. The molecular formula is C16H23N3O3. The Bertz CT molecular complexity index is 605. The smallest absolute Gasteiger partial charge is 0.226 e. The Morgan fingerprint density at radius 1 is 1.27 bits per heavy atom. The highest BCUT2D eigenvalue weighted by atomic mass is 16.5. The van der Waals surface area contributed by atoms with Crippen LogP contribution in [0.1, 0.15) is 49.9 Å². The zero-order valence-corrected chi connectivity index (χ0v) is 13.4. The molecule has 3 rings (SSSR count). The van der Waals surface area contributed by atoms with Crippen molar-refractivity contribution in [1.82, 2.24) is 15.3 Å². The monoisotopic (exact) mass is 305 g/mol. The van der Waals surface area contributed by atoms with Gasteiger partial charge >= 0.3 is 0 Å². The molecule has 1 aliphatic heterocycles. The predicted octanol–water partition coefficient (Wildman–Crippen LogP) is 2.95. The standard InChI is InChI=1S/C16H23N3O3/c1-10(2)14-7-12(4-5-20-14)8-16-17-15(19-22-16)9-13-6-11(3)21-18-13/h6,10,12,14H,4-5,7-9H2,1-3H3. The molecule has 6 nitrogen and oxygen atoms in total. The number of aromatic nitrogens is 3. The molecule has 3 heterocycles. The van der Waals surface area contributed by atoms with Gasteiger partial charge in [-0.1, -0.05) is 24.2 Å². The van der Waals surface area contributed by atoms with Gasteiger partial charge in [-0.25, -0.2) is 0 Å². The number of hydrogen-bond acceptors (Lipinski definition) is 6. The lowest BCUT2D eigenvalue weighted by Crippen LogP contribution is -2.30. The number of nitrogens with zero attached hydrogens (tertiary/aromatic N) is 3. The summed E-state index contributed by atoms with van der Waals surface area (Å²) in [6.45, 7) is 7.11. The summed E-state index contributed by atoms with van der Waals surface area (Å²) in [5.41, 5.74) is 0.829. The zero-order valence-electron chi connectivity index (χ0n) is 13.4. The van der Waals surface area contributed by atoms with Gasteiger partial charge in [0.1, 0.15) is 5.76 Å². The first kappa shape index (κ1) is 15.2. The highest BCUT2D eigenvalue weighted by Crippen LogP contribution is 2.27. The molecule has 22 heavy (non-hydrogen) atoms. The summed E-state index contributed by atoms with van der Waals surface area (Å²) in [4.78, 5) is 4.48. The van der Waals surface area contributed by atoms with Crippen LogP contribution >= 0.6 is 0 Å². The zero-order chi connectivity index (χ0) is 15.5. The molecule has 0 amide bonds. The lowest BCUT2D eigenvalue weighted by atomic mass is 9.88. The van der Waals surface area contributed by atoms with E-state index in [1.165, 1.54) is 0 Å². The van der Waals surface area contributed by atoms with Gasteiger partial charge in [-0.05, 0) is 31.6 Å². The van der Waals surface area contributed by atoms with Gasteiger partial charge in [0.05, 0.1) is 18.2 Å². The van der Waals surface area contributed by atoms with Gasteiger partial charge in [-0.15, -0.1) is 0 Å². The molecular weight excluding hydrogens is 282 g/mol. The minimum absolute atomic E-state index is 0.347. The first-order valence-electron chi connectivity index (χ1n) is 7.95. The van der Waals surface area contributed by atoms with Crippen molar-refractivity contribution in [3.63, 3.8) is 0 Å². The largest absolute Gasteiger partial charge is 0.378 e. The van der Waals surface area contributed by atoms with Crippen LogP contribution in [0.25, 0.3) is 0 Å². The van der Waals surface area contributed by atoms with E-state index >= 15 is 0 Å². The number of ether oxygens (including phenoxy) is 1. The SMILES string of the molecule is Cc1cc(Cc2noc(CC3CCOC(C(C)C)C3)n2)no1. The Morgan fingerprint density at radius 2 is 2.14 bits per heavy atom. The molecule has 0 aromatic carbocycles. The van der Waals surface area contributed by atoms with E-state index < -0.39 is 0 Å². The van der Waals surface area contributed by atoms with Crippen LogP contribution in [0.3, 0.4) is 0 Å². The third-order valence-corrected chi connectivity index (χ3v) is 4.16. The Hall–Kier alpha value is -1.69. The van der Waals surface area contributed by atoms with Crippen LogP contribution in [-0.4, -0.2) is 28.0 Å². The van der Waals surface area contributed by atoms with Gasteiger partial charge in [0, 0.05) is 19.1 Å². The highest BCUT2D eigenvalue weighted by Gasteiger charge is 2.26. The molecule has 2 atom stereocenters. The first-order valence-corrected chi connectivity index (χ1v) is 7.95. The molecule has 2 unspecified atom stereocenters. The second-order valence-corrected chi connectivity index (χ2v) is 6.46. The Kier molecular flexibility index (Phi) is 4.57. The number of aryl methyl sites for hydroxylation is 1. The maximum Gasteiger partial charge on any atom is 0.226 e. The van der Waals surface area contributed by atoms with Crippen LogP contribution in [0.2, 0.25) is 0 Å². The first-order chi connectivity index (χ1) is 10.6. The number of hydrogen-bond donors (Lipinski definition) is 0. The van der Waals surface area contributed by atoms with E-state index in [0.717, 1.165) is 37.3 Å². The second kappa shape index (κ2) is 6.60. The van der Waals surface area contributed by atoms with Crippen molar-refractivity contribution in [1.29, 1.82) is 0 Å². The van der Waals surface area contributed by atoms with E-state index in [4.69, 9.17) is 13.8 Å². The van der Waals surface area contributed by atoms with E-state index in [0.29, 0.717) is 36.1 Å². The topological polar surface area (TPSA) is 74.2 Å². The third kappa shape index (κ3) is 3.74. The average molecular weight is 305 g/mol. The fourth-order valence-corrected chi connectivity index (χ4v) is 2.91. The second-order valence-electron chi connectivity index (χ2n) is 6.46. The predicted molar refractivity (Wildman–Crippen MR) is 79.4 cm³/mol. The van der Waals surface area contributed by atoms with Crippen molar-refractivity contribution in [2.24, 2.45) is 11.8 Å². The maximum absolute atomic E-state index is 5.81. The van der Waals surface area contributed by atoms with Gasteiger partial charge in [-0.3, -0.25) is 0 Å². The van der Waals surface area contributed by atoms with Gasteiger partial charge in [0.15, 0.2) is 5.82 Å². The molecule has 6 heteroatoms. The molecule has 0 saturated carbocycles. The number of rotatable bonds is 5. The summed E-state index contributed by atoms with van der Waals surface area (Å²) in [6.07, 6.45) is 3.85. The van der Waals surface area contributed by atoms with E-state index in [1.54, 1.807) is 0 Å². The quantitative estimate of drug-likeness (QED) is 0.845.